The molecule has 2 heterocycles. The lowest BCUT2D eigenvalue weighted by molar-refractivity contribution is 0.147. The van der Waals surface area contributed by atoms with Gasteiger partial charge in [0.2, 0.25) is 0 Å². The molecule has 1 aromatic carbocycles. The highest BCUT2D eigenvalue weighted by Gasteiger charge is 2.19. The Morgan fingerprint density at radius 3 is 2.77 bits per heavy atom. The zero-order valence-electron chi connectivity index (χ0n) is 13.3. The number of benzene rings is 1. The molecule has 0 atom stereocenters. The number of methoxy groups -OCH3 is 1. The fourth-order valence-electron chi connectivity index (χ4n) is 2.90. The number of nitrogens with zero attached hydrogens (tertiary/aromatic N) is 3. The molecular weight excluding hydrogens is 280 g/mol. The number of anilines is 1. The summed E-state index contributed by atoms with van der Waals surface area (Å²) in [6.07, 6.45) is 4.37. The van der Waals surface area contributed by atoms with Gasteiger partial charge in [-0.1, -0.05) is 0 Å². The molecule has 0 amide bonds. The number of fused-ring (bicyclic) bond motifs is 1. The second-order valence-electron chi connectivity index (χ2n) is 5.93. The van der Waals surface area contributed by atoms with Crippen molar-refractivity contribution < 1.29 is 9.47 Å². The van der Waals surface area contributed by atoms with Crippen molar-refractivity contribution in [3.63, 3.8) is 0 Å². The first-order valence-electron chi connectivity index (χ1n) is 7.76. The second-order valence-corrected chi connectivity index (χ2v) is 5.93. The standard InChI is InChI=1S/C16H24N4O2/c1-19-5-3-13(4-6-19)20-11-12-9-14(17)16(10-15(12)18-20)22-8-7-21-2/h9-11,13H,3-8,17H2,1-2H3. The number of hydrogen-bond acceptors (Lipinski definition) is 5. The number of aromatic nitrogens is 2. The molecule has 0 saturated carbocycles. The molecule has 0 spiro atoms. The predicted octanol–water partition coefficient (Wildman–Crippen LogP) is 1.91. The van der Waals surface area contributed by atoms with Crippen molar-refractivity contribution in [1.82, 2.24) is 14.7 Å². The summed E-state index contributed by atoms with van der Waals surface area (Å²) >= 11 is 0. The number of nitrogen functional groups attached to an aromatic ring is 1. The second kappa shape index (κ2) is 6.54. The maximum absolute atomic E-state index is 6.07. The SMILES string of the molecule is COCCOc1cc2nn(C3CCN(C)CC3)cc2cc1N. The number of nitrogens with two attached hydrogens (primary N) is 1. The lowest BCUT2D eigenvalue weighted by atomic mass is 10.1. The van der Waals surface area contributed by atoms with Gasteiger partial charge in [-0.3, -0.25) is 4.68 Å². The van der Waals surface area contributed by atoms with Gasteiger partial charge in [0.1, 0.15) is 12.4 Å². The van der Waals surface area contributed by atoms with Crippen molar-refractivity contribution in [2.75, 3.05) is 46.2 Å². The summed E-state index contributed by atoms with van der Waals surface area (Å²) in [6.45, 7) is 3.27. The van der Waals surface area contributed by atoms with Crippen LogP contribution in [0.1, 0.15) is 18.9 Å². The number of hydrogen-bond donors (Lipinski definition) is 1. The smallest absolute Gasteiger partial charge is 0.144 e. The Bertz CT molecular complexity index is 632. The third kappa shape index (κ3) is 3.18. The first kappa shape index (κ1) is 15.1. The predicted molar refractivity (Wildman–Crippen MR) is 87.3 cm³/mol. The molecule has 1 fully saturated rings. The molecule has 6 nitrogen and oxygen atoms in total. The normalized spacial score (nSPS) is 17.2. The molecule has 3 rings (SSSR count). The topological polar surface area (TPSA) is 65.5 Å². The summed E-state index contributed by atoms with van der Waals surface area (Å²) in [5.41, 5.74) is 7.64. The molecule has 2 N–H and O–H groups in total. The Labute approximate surface area is 130 Å². The van der Waals surface area contributed by atoms with E-state index in [-0.39, 0.29) is 0 Å². The Morgan fingerprint density at radius 1 is 1.27 bits per heavy atom. The maximum atomic E-state index is 6.07. The van der Waals surface area contributed by atoms with Crippen molar-refractivity contribution in [3.05, 3.63) is 18.3 Å². The maximum Gasteiger partial charge on any atom is 0.144 e. The van der Waals surface area contributed by atoms with Crippen LogP contribution < -0.4 is 10.5 Å². The summed E-state index contributed by atoms with van der Waals surface area (Å²) in [7, 11) is 3.82. The van der Waals surface area contributed by atoms with Crippen LogP contribution in [0.4, 0.5) is 5.69 Å². The molecule has 1 aromatic heterocycles. The van der Waals surface area contributed by atoms with E-state index in [1.807, 2.05) is 12.1 Å². The van der Waals surface area contributed by atoms with E-state index in [0.717, 1.165) is 36.8 Å². The van der Waals surface area contributed by atoms with Gasteiger partial charge in [-0.25, -0.2) is 0 Å². The number of likely N-dealkylation sites (tertiary alicyclic amines) is 1. The zero-order chi connectivity index (χ0) is 15.5. The highest BCUT2D eigenvalue weighted by atomic mass is 16.5. The first-order valence-corrected chi connectivity index (χ1v) is 7.76. The molecule has 1 aliphatic heterocycles. The average molecular weight is 304 g/mol. The van der Waals surface area contributed by atoms with Crippen molar-refractivity contribution in [2.24, 2.45) is 0 Å². The fourth-order valence-corrected chi connectivity index (χ4v) is 2.90. The lowest BCUT2D eigenvalue weighted by Gasteiger charge is -2.28. The summed E-state index contributed by atoms with van der Waals surface area (Å²) in [5.74, 6) is 0.679. The van der Waals surface area contributed by atoms with E-state index in [2.05, 4.69) is 22.8 Å². The van der Waals surface area contributed by atoms with Gasteiger partial charge in [-0.2, -0.15) is 5.10 Å². The van der Waals surface area contributed by atoms with Crippen LogP contribution in [0.15, 0.2) is 18.3 Å². The minimum Gasteiger partial charge on any atom is -0.489 e. The molecule has 0 radical (unpaired) electrons. The summed E-state index contributed by atoms with van der Waals surface area (Å²) in [5, 5.41) is 5.79. The quantitative estimate of drug-likeness (QED) is 0.675. The monoisotopic (exact) mass is 304 g/mol. The van der Waals surface area contributed by atoms with E-state index >= 15 is 0 Å². The van der Waals surface area contributed by atoms with Crippen molar-refractivity contribution in [3.8, 4) is 5.75 Å². The summed E-state index contributed by atoms with van der Waals surface area (Å²) in [6, 6.07) is 4.34. The van der Waals surface area contributed by atoms with Crippen molar-refractivity contribution in [1.29, 1.82) is 0 Å². The third-order valence-electron chi connectivity index (χ3n) is 4.26. The van der Waals surface area contributed by atoms with Crippen LogP contribution in [-0.4, -0.2) is 55.1 Å². The van der Waals surface area contributed by atoms with E-state index in [0.29, 0.717) is 30.7 Å². The Kier molecular flexibility index (Phi) is 4.49. The first-order chi connectivity index (χ1) is 10.7. The molecule has 6 heteroatoms. The average Bonchev–Trinajstić information content (AvgIpc) is 2.91. The van der Waals surface area contributed by atoms with Crippen molar-refractivity contribution >= 4 is 16.6 Å². The van der Waals surface area contributed by atoms with E-state index < -0.39 is 0 Å². The molecule has 1 saturated heterocycles. The highest BCUT2D eigenvalue weighted by molar-refractivity contribution is 5.84. The summed E-state index contributed by atoms with van der Waals surface area (Å²) < 4.78 is 12.7. The molecule has 2 aromatic rings. The van der Waals surface area contributed by atoms with Gasteiger partial charge < -0.3 is 20.1 Å². The molecule has 120 valence electrons. The lowest BCUT2D eigenvalue weighted by Crippen LogP contribution is -2.31. The Morgan fingerprint density at radius 2 is 2.05 bits per heavy atom. The number of ether oxygens (including phenoxy) is 2. The van der Waals surface area contributed by atoms with Gasteiger partial charge in [0.05, 0.1) is 23.9 Å². The summed E-state index contributed by atoms with van der Waals surface area (Å²) in [4.78, 5) is 2.36. The molecule has 0 unspecified atom stereocenters. The Hall–Kier alpha value is -1.79. The van der Waals surface area contributed by atoms with Gasteiger partial charge >= 0.3 is 0 Å². The number of piperidine rings is 1. The van der Waals surface area contributed by atoms with Gasteiger partial charge in [0.15, 0.2) is 0 Å². The van der Waals surface area contributed by atoms with Gasteiger partial charge in [0.25, 0.3) is 0 Å². The van der Waals surface area contributed by atoms with Crippen LogP contribution in [0.25, 0.3) is 10.9 Å². The van der Waals surface area contributed by atoms with Crippen LogP contribution in [-0.2, 0) is 4.74 Å². The van der Waals surface area contributed by atoms with Crippen LogP contribution in [0.5, 0.6) is 5.75 Å². The molecule has 0 aliphatic carbocycles. The van der Waals surface area contributed by atoms with Crippen LogP contribution in [0, 0.1) is 0 Å². The van der Waals surface area contributed by atoms with E-state index in [9.17, 15) is 0 Å². The highest BCUT2D eigenvalue weighted by Crippen LogP contribution is 2.29. The molecule has 1 aliphatic rings. The zero-order valence-corrected chi connectivity index (χ0v) is 13.3. The van der Waals surface area contributed by atoms with E-state index in [1.165, 1.54) is 0 Å². The molecule has 22 heavy (non-hydrogen) atoms. The third-order valence-corrected chi connectivity index (χ3v) is 4.26. The number of rotatable bonds is 5. The van der Waals surface area contributed by atoms with Crippen LogP contribution in [0.2, 0.25) is 0 Å². The van der Waals surface area contributed by atoms with Crippen LogP contribution >= 0.6 is 0 Å². The van der Waals surface area contributed by atoms with Gasteiger partial charge in [0, 0.05) is 24.8 Å². The van der Waals surface area contributed by atoms with Crippen LogP contribution in [0.3, 0.4) is 0 Å². The van der Waals surface area contributed by atoms with Crippen molar-refractivity contribution in [2.45, 2.75) is 18.9 Å². The Balaban J connectivity index is 1.80. The fraction of sp³-hybridized carbons (Fsp3) is 0.562. The minimum absolute atomic E-state index is 0.475. The molecule has 0 bridgehead atoms. The molecular formula is C16H24N4O2. The van der Waals surface area contributed by atoms with Gasteiger partial charge in [-0.15, -0.1) is 0 Å². The minimum atomic E-state index is 0.475. The van der Waals surface area contributed by atoms with E-state index in [1.54, 1.807) is 7.11 Å². The largest absolute Gasteiger partial charge is 0.489 e. The van der Waals surface area contributed by atoms with Gasteiger partial charge in [-0.05, 0) is 39.0 Å². The van der Waals surface area contributed by atoms with E-state index in [4.69, 9.17) is 20.3 Å².